The molecule has 1 aromatic rings. The van der Waals surface area contributed by atoms with Crippen LogP contribution in [0.25, 0.3) is 0 Å². The number of nitrogens with two attached hydrogens (primary N) is 1. The zero-order chi connectivity index (χ0) is 10.0. The van der Waals surface area contributed by atoms with Crippen LogP contribution in [0.4, 0.5) is 0 Å². The minimum absolute atomic E-state index is 0.0665. The van der Waals surface area contributed by atoms with E-state index in [-0.39, 0.29) is 12.1 Å². The van der Waals surface area contributed by atoms with Crippen molar-refractivity contribution < 1.29 is 5.11 Å². The second kappa shape index (κ2) is 3.45. The van der Waals surface area contributed by atoms with Gasteiger partial charge >= 0.3 is 0 Å². The third kappa shape index (κ3) is 1.79. The average molecular weight is 187 g/mol. The molecule has 72 valence electrons. The molecular weight excluding hydrogens is 174 g/mol. The summed E-state index contributed by atoms with van der Waals surface area (Å²) in [4.78, 5) is 0. The summed E-state index contributed by atoms with van der Waals surface area (Å²) < 4.78 is 0. The first-order valence-corrected chi connectivity index (χ1v) is 4.74. The summed E-state index contributed by atoms with van der Waals surface area (Å²) in [5.41, 5.74) is 8.09. The minimum Gasteiger partial charge on any atom is -0.384 e. The van der Waals surface area contributed by atoms with Crippen LogP contribution in [-0.4, -0.2) is 11.7 Å². The van der Waals surface area contributed by atoms with Gasteiger partial charge in [-0.2, -0.15) is 0 Å². The van der Waals surface area contributed by atoms with Crippen molar-refractivity contribution in [1.82, 2.24) is 0 Å². The van der Waals surface area contributed by atoms with Gasteiger partial charge in [0.05, 0.1) is 0 Å². The highest BCUT2D eigenvalue weighted by molar-refractivity contribution is 5.39. The highest BCUT2D eigenvalue weighted by atomic mass is 16.2. The van der Waals surface area contributed by atoms with Gasteiger partial charge in [-0.1, -0.05) is 24.0 Å². The van der Waals surface area contributed by atoms with Crippen molar-refractivity contribution >= 4 is 0 Å². The topological polar surface area (TPSA) is 46.2 Å². The Hall–Kier alpha value is -1.30. The minimum atomic E-state index is -0.0947. The fourth-order valence-corrected chi connectivity index (χ4v) is 1.45. The molecule has 0 aliphatic heterocycles. The quantitative estimate of drug-likeness (QED) is 0.644. The van der Waals surface area contributed by atoms with Gasteiger partial charge in [0.25, 0.3) is 0 Å². The Labute approximate surface area is 83.7 Å². The number of rotatable bonds is 1. The molecule has 0 aromatic heterocycles. The summed E-state index contributed by atoms with van der Waals surface area (Å²) in [6, 6.07) is 7.94. The van der Waals surface area contributed by atoms with Crippen LogP contribution < -0.4 is 5.73 Å². The second-order valence-corrected chi connectivity index (χ2v) is 3.69. The van der Waals surface area contributed by atoms with Gasteiger partial charge in [-0.25, -0.2) is 0 Å². The van der Waals surface area contributed by atoms with Crippen molar-refractivity contribution in [3.63, 3.8) is 0 Å². The molecule has 1 aliphatic rings. The van der Waals surface area contributed by atoms with Gasteiger partial charge in [0.1, 0.15) is 6.61 Å². The molecule has 1 fully saturated rings. The van der Waals surface area contributed by atoms with Gasteiger partial charge in [0.15, 0.2) is 0 Å². The number of aliphatic hydroxyl groups is 1. The van der Waals surface area contributed by atoms with E-state index in [0.717, 1.165) is 18.4 Å². The normalized spacial score (nSPS) is 17.0. The van der Waals surface area contributed by atoms with Crippen molar-refractivity contribution in [3.05, 3.63) is 35.4 Å². The van der Waals surface area contributed by atoms with Gasteiger partial charge in [-0.05, 0) is 30.5 Å². The monoisotopic (exact) mass is 187 g/mol. The SMILES string of the molecule is NC1(c2ccc(C#CCO)cc2)CC1. The van der Waals surface area contributed by atoms with Crippen molar-refractivity contribution in [3.8, 4) is 11.8 Å². The standard InChI is InChI=1S/C12H13NO/c13-12(7-8-12)11-5-3-10(4-6-11)2-1-9-14/h3-6,14H,7-9,13H2. The van der Waals surface area contributed by atoms with Crippen molar-refractivity contribution in [2.75, 3.05) is 6.61 Å². The summed E-state index contributed by atoms with van der Waals surface area (Å²) in [7, 11) is 0. The van der Waals surface area contributed by atoms with Gasteiger partial charge in [-0.15, -0.1) is 0 Å². The molecule has 1 saturated carbocycles. The number of benzene rings is 1. The third-order valence-electron chi connectivity index (χ3n) is 2.56. The molecule has 1 aromatic carbocycles. The zero-order valence-electron chi connectivity index (χ0n) is 7.96. The zero-order valence-corrected chi connectivity index (χ0v) is 7.96. The predicted molar refractivity (Wildman–Crippen MR) is 55.5 cm³/mol. The fourth-order valence-electron chi connectivity index (χ4n) is 1.45. The molecule has 0 amide bonds. The summed E-state index contributed by atoms with van der Waals surface area (Å²) in [6.07, 6.45) is 2.16. The van der Waals surface area contributed by atoms with Gasteiger partial charge in [-0.3, -0.25) is 0 Å². The van der Waals surface area contributed by atoms with E-state index in [1.807, 2.05) is 24.3 Å². The molecule has 2 heteroatoms. The van der Waals surface area contributed by atoms with Crippen LogP contribution in [0.1, 0.15) is 24.0 Å². The lowest BCUT2D eigenvalue weighted by molar-refractivity contribution is 0.350. The third-order valence-corrected chi connectivity index (χ3v) is 2.56. The largest absolute Gasteiger partial charge is 0.384 e. The highest BCUT2D eigenvalue weighted by Crippen LogP contribution is 2.42. The summed E-state index contributed by atoms with van der Waals surface area (Å²) in [6.45, 7) is -0.0947. The van der Waals surface area contributed by atoms with E-state index in [9.17, 15) is 0 Å². The molecule has 0 radical (unpaired) electrons. The first kappa shape index (κ1) is 9.26. The second-order valence-electron chi connectivity index (χ2n) is 3.69. The van der Waals surface area contributed by atoms with E-state index >= 15 is 0 Å². The van der Waals surface area contributed by atoms with E-state index in [4.69, 9.17) is 10.8 Å². The van der Waals surface area contributed by atoms with Crippen molar-refractivity contribution in [2.24, 2.45) is 5.73 Å². The Morgan fingerprint density at radius 2 is 1.93 bits per heavy atom. The summed E-state index contributed by atoms with van der Waals surface area (Å²) >= 11 is 0. The average Bonchev–Trinajstić information content (AvgIpc) is 2.96. The maximum absolute atomic E-state index is 8.53. The highest BCUT2D eigenvalue weighted by Gasteiger charge is 2.39. The lowest BCUT2D eigenvalue weighted by atomic mass is 10.0. The first-order chi connectivity index (χ1) is 6.74. The molecule has 1 aliphatic carbocycles. The van der Waals surface area contributed by atoms with Crippen LogP contribution in [0.2, 0.25) is 0 Å². The predicted octanol–water partition coefficient (Wildman–Crippen LogP) is 0.978. The van der Waals surface area contributed by atoms with Crippen LogP contribution in [-0.2, 0) is 5.54 Å². The lowest BCUT2D eigenvalue weighted by Gasteiger charge is -2.07. The van der Waals surface area contributed by atoms with Crippen molar-refractivity contribution in [2.45, 2.75) is 18.4 Å². The van der Waals surface area contributed by atoms with E-state index in [0.29, 0.717) is 0 Å². The Kier molecular flexibility index (Phi) is 2.28. The van der Waals surface area contributed by atoms with Crippen LogP contribution in [0.5, 0.6) is 0 Å². The summed E-state index contributed by atoms with van der Waals surface area (Å²) in [5, 5.41) is 8.53. The molecule has 0 unspecified atom stereocenters. The van der Waals surface area contributed by atoms with Crippen molar-refractivity contribution in [1.29, 1.82) is 0 Å². The lowest BCUT2D eigenvalue weighted by Crippen LogP contribution is -2.18. The fraction of sp³-hybridized carbons (Fsp3) is 0.333. The molecule has 2 nitrogen and oxygen atoms in total. The van der Waals surface area contributed by atoms with E-state index < -0.39 is 0 Å². The Balaban J connectivity index is 2.18. The number of hydrogen-bond donors (Lipinski definition) is 2. The van der Waals surface area contributed by atoms with Gasteiger partial charge < -0.3 is 10.8 Å². The van der Waals surface area contributed by atoms with E-state index in [2.05, 4.69) is 11.8 Å². The molecule has 0 heterocycles. The Bertz CT molecular complexity index is 379. The van der Waals surface area contributed by atoms with Gasteiger partial charge in [0, 0.05) is 11.1 Å². The van der Waals surface area contributed by atoms with Crippen LogP contribution in [0.15, 0.2) is 24.3 Å². The maximum atomic E-state index is 8.53. The molecule has 0 saturated heterocycles. The molecule has 0 atom stereocenters. The van der Waals surface area contributed by atoms with Gasteiger partial charge in [0.2, 0.25) is 0 Å². The number of hydrogen-bond acceptors (Lipinski definition) is 2. The molecule has 0 spiro atoms. The maximum Gasteiger partial charge on any atom is 0.104 e. The Morgan fingerprint density at radius 3 is 2.43 bits per heavy atom. The van der Waals surface area contributed by atoms with Crippen LogP contribution in [0.3, 0.4) is 0 Å². The smallest absolute Gasteiger partial charge is 0.104 e. The molecule has 3 N–H and O–H groups in total. The first-order valence-electron chi connectivity index (χ1n) is 4.74. The van der Waals surface area contributed by atoms with Crippen LogP contribution in [0, 0.1) is 11.8 Å². The van der Waals surface area contributed by atoms with E-state index in [1.165, 1.54) is 5.56 Å². The Morgan fingerprint density at radius 1 is 1.29 bits per heavy atom. The molecule has 14 heavy (non-hydrogen) atoms. The molecule has 0 bridgehead atoms. The molecule has 2 rings (SSSR count). The van der Waals surface area contributed by atoms with Crippen LogP contribution >= 0.6 is 0 Å². The van der Waals surface area contributed by atoms with E-state index in [1.54, 1.807) is 0 Å². The molecular formula is C12H13NO. The number of aliphatic hydroxyl groups excluding tert-OH is 1. The summed E-state index contributed by atoms with van der Waals surface area (Å²) in [5.74, 6) is 5.47.